The molecule has 35 heavy (non-hydrogen) atoms. The Morgan fingerprint density at radius 2 is 1.71 bits per heavy atom. The Balaban J connectivity index is 1.41. The molecule has 1 aromatic heterocycles. The number of amides is 2. The SMILES string of the molecule is CCC(C)[C@H](NC(=O)OCC1c2ccccc2-c2ccccc21)C(=O)Nc1cnn(CC(=O)O)c1. The fraction of sp³-hybridized carbons (Fsp3) is 0.308. The van der Waals surface area contributed by atoms with Crippen molar-refractivity contribution >= 4 is 23.7 Å². The van der Waals surface area contributed by atoms with Crippen molar-refractivity contribution in [2.24, 2.45) is 5.92 Å². The van der Waals surface area contributed by atoms with Crippen LogP contribution in [0.1, 0.15) is 37.3 Å². The maximum Gasteiger partial charge on any atom is 0.407 e. The van der Waals surface area contributed by atoms with Crippen molar-refractivity contribution in [1.29, 1.82) is 0 Å². The lowest BCUT2D eigenvalue weighted by Gasteiger charge is -2.23. The van der Waals surface area contributed by atoms with Gasteiger partial charge in [0.25, 0.3) is 0 Å². The molecule has 0 radical (unpaired) electrons. The van der Waals surface area contributed by atoms with E-state index in [0.717, 1.165) is 22.3 Å². The molecule has 2 amide bonds. The van der Waals surface area contributed by atoms with Gasteiger partial charge in [-0.25, -0.2) is 4.79 Å². The highest BCUT2D eigenvalue weighted by Gasteiger charge is 2.31. The second-order valence-corrected chi connectivity index (χ2v) is 8.64. The number of carboxylic acids is 1. The van der Waals surface area contributed by atoms with Gasteiger partial charge in [0, 0.05) is 12.1 Å². The number of hydrogen-bond donors (Lipinski definition) is 3. The van der Waals surface area contributed by atoms with Gasteiger partial charge in [0.2, 0.25) is 5.91 Å². The van der Waals surface area contributed by atoms with E-state index in [2.05, 4.69) is 27.9 Å². The largest absolute Gasteiger partial charge is 0.480 e. The fourth-order valence-corrected chi connectivity index (χ4v) is 4.34. The molecule has 4 rings (SSSR count). The van der Waals surface area contributed by atoms with Gasteiger partial charge in [-0.2, -0.15) is 5.10 Å². The van der Waals surface area contributed by atoms with Gasteiger partial charge in [-0.05, 0) is 28.2 Å². The van der Waals surface area contributed by atoms with Crippen molar-refractivity contribution in [1.82, 2.24) is 15.1 Å². The quantitative estimate of drug-likeness (QED) is 0.431. The van der Waals surface area contributed by atoms with Gasteiger partial charge in [-0.1, -0.05) is 68.8 Å². The topological polar surface area (TPSA) is 123 Å². The predicted molar refractivity (Wildman–Crippen MR) is 130 cm³/mol. The van der Waals surface area contributed by atoms with E-state index in [4.69, 9.17) is 9.84 Å². The lowest BCUT2D eigenvalue weighted by molar-refractivity contribution is -0.137. The minimum absolute atomic E-state index is 0.0795. The summed E-state index contributed by atoms with van der Waals surface area (Å²) in [7, 11) is 0. The summed E-state index contributed by atoms with van der Waals surface area (Å²) < 4.78 is 6.80. The first kappa shape index (κ1) is 24.0. The second kappa shape index (κ2) is 10.4. The molecule has 1 aliphatic rings. The van der Waals surface area contributed by atoms with Crippen molar-refractivity contribution in [2.75, 3.05) is 11.9 Å². The van der Waals surface area contributed by atoms with E-state index in [1.54, 1.807) is 0 Å². The van der Waals surface area contributed by atoms with E-state index in [9.17, 15) is 14.4 Å². The van der Waals surface area contributed by atoms with Gasteiger partial charge in [-0.15, -0.1) is 0 Å². The first-order chi connectivity index (χ1) is 16.9. The molecule has 0 fully saturated rings. The number of fused-ring (bicyclic) bond motifs is 3. The van der Waals surface area contributed by atoms with Crippen LogP contribution in [0.15, 0.2) is 60.9 Å². The van der Waals surface area contributed by atoms with Gasteiger partial charge in [0.1, 0.15) is 19.2 Å². The average molecular weight is 477 g/mol. The molecule has 0 aliphatic heterocycles. The van der Waals surface area contributed by atoms with Crippen LogP contribution in [0.25, 0.3) is 11.1 Å². The van der Waals surface area contributed by atoms with E-state index in [1.807, 2.05) is 50.2 Å². The predicted octanol–water partition coefficient (Wildman–Crippen LogP) is 3.86. The van der Waals surface area contributed by atoms with Crippen LogP contribution in [0, 0.1) is 5.92 Å². The van der Waals surface area contributed by atoms with Crippen molar-refractivity contribution < 1.29 is 24.2 Å². The van der Waals surface area contributed by atoms with E-state index in [1.165, 1.54) is 17.1 Å². The zero-order valence-corrected chi connectivity index (χ0v) is 19.6. The molecule has 9 heteroatoms. The van der Waals surface area contributed by atoms with Gasteiger partial charge in [0.15, 0.2) is 0 Å². The van der Waals surface area contributed by atoms with E-state index < -0.39 is 24.0 Å². The lowest BCUT2D eigenvalue weighted by atomic mass is 9.98. The monoisotopic (exact) mass is 476 g/mol. The summed E-state index contributed by atoms with van der Waals surface area (Å²) >= 11 is 0. The molecule has 0 saturated heterocycles. The molecule has 1 aliphatic carbocycles. The Labute approximate surface area is 203 Å². The number of carbonyl (C=O) groups is 3. The molecule has 3 N–H and O–H groups in total. The molecule has 0 spiro atoms. The number of nitrogens with one attached hydrogen (secondary N) is 2. The number of benzene rings is 2. The van der Waals surface area contributed by atoms with Crippen LogP contribution in [0.5, 0.6) is 0 Å². The first-order valence-electron chi connectivity index (χ1n) is 11.5. The highest BCUT2D eigenvalue weighted by Crippen LogP contribution is 2.44. The maximum absolute atomic E-state index is 12.9. The maximum atomic E-state index is 12.9. The molecular weight excluding hydrogens is 448 g/mol. The number of rotatable bonds is 9. The van der Waals surface area contributed by atoms with Crippen LogP contribution in [0.4, 0.5) is 10.5 Å². The summed E-state index contributed by atoms with van der Waals surface area (Å²) in [6.45, 7) is 3.62. The molecule has 1 unspecified atom stereocenters. The zero-order chi connectivity index (χ0) is 24.9. The summed E-state index contributed by atoms with van der Waals surface area (Å²) in [6.07, 6.45) is 2.77. The Hall–Kier alpha value is -4.14. The van der Waals surface area contributed by atoms with E-state index in [0.29, 0.717) is 12.1 Å². The molecule has 182 valence electrons. The van der Waals surface area contributed by atoms with Crippen LogP contribution >= 0.6 is 0 Å². The van der Waals surface area contributed by atoms with Gasteiger partial charge in [0.05, 0.1) is 11.9 Å². The standard InChI is InChI=1S/C26H28N4O5/c1-3-16(2)24(25(33)28-17-12-27-30(13-17)14-23(31)32)29-26(34)35-15-22-20-10-6-4-8-18(20)19-9-5-7-11-21(19)22/h4-13,16,22,24H,3,14-15H2,1-2H3,(H,28,33)(H,29,34)(H,31,32)/t16?,24-/m0/s1. The lowest BCUT2D eigenvalue weighted by Crippen LogP contribution is -2.48. The third-order valence-electron chi connectivity index (χ3n) is 6.31. The Kier molecular flexibility index (Phi) is 7.14. The van der Waals surface area contributed by atoms with Gasteiger partial charge < -0.3 is 20.5 Å². The van der Waals surface area contributed by atoms with Crippen LogP contribution < -0.4 is 10.6 Å². The Bertz CT molecular complexity index is 1190. The number of ether oxygens (including phenoxy) is 1. The number of carbonyl (C=O) groups excluding carboxylic acids is 2. The minimum atomic E-state index is -1.04. The number of hydrogen-bond acceptors (Lipinski definition) is 5. The van der Waals surface area contributed by atoms with Crippen LogP contribution in [-0.4, -0.2) is 45.5 Å². The van der Waals surface area contributed by atoms with Gasteiger partial charge >= 0.3 is 12.1 Å². The van der Waals surface area contributed by atoms with Crippen molar-refractivity contribution in [3.8, 4) is 11.1 Å². The van der Waals surface area contributed by atoms with Crippen molar-refractivity contribution in [3.63, 3.8) is 0 Å². The van der Waals surface area contributed by atoms with E-state index in [-0.39, 0.29) is 25.0 Å². The average Bonchev–Trinajstić information content (AvgIpc) is 3.41. The molecular formula is C26H28N4O5. The van der Waals surface area contributed by atoms with Crippen LogP contribution in [0.2, 0.25) is 0 Å². The normalized spacial score (nSPS) is 13.9. The third kappa shape index (κ3) is 5.34. The summed E-state index contributed by atoms with van der Waals surface area (Å²) in [5.74, 6) is -1.71. The summed E-state index contributed by atoms with van der Waals surface area (Å²) in [6, 6.07) is 15.3. The Morgan fingerprint density at radius 1 is 1.09 bits per heavy atom. The molecule has 0 bridgehead atoms. The molecule has 2 atom stereocenters. The number of nitrogens with zero attached hydrogens (tertiary/aromatic N) is 2. The number of aliphatic carboxylic acids is 1. The molecule has 2 aromatic carbocycles. The molecule has 1 heterocycles. The van der Waals surface area contributed by atoms with E-state index >= 15 is 0 Å². The third-order valence-corrected chi connectivity index (χ3v) is 6.31. The second-order valence-electron chi connectivity index (χ2n) is 8.64. The number of alkyl carbamates (subject to hydrolysis) is 1. The molecule has 9 nitrogen and oxygen atoms in total. The highest BCUT2D eigenvalue weighted by atomic mass is 16.5. The van der Waals surface area contributed by atoms with Gasteiger partial charge in [-0.3, -0.25) is 14.3 Å². The van der Waals surface area contributed by atoms with Crippen molar-refractivity contribution in [3.05, 3.63) is 72.1 Å². The highest BCUT2D eigenvalue weighted by molar-refractivity contribution is 5.96. The smallest absolute Gasteiger partial charge is 0.407 e. The minimum Gasteiger partial charge on any atom is -0.480 e. The summed E-state index contributed by atoms with van der Waals surface area (Å²) in [5, 5.41) is 18.2. The van der Waals surface area contributed by atoms with Crippen molar-refractivity contribution in [2.45, 2.75) is 38.8 Å². The number of anilines is 1. The zero-order valence-electron chi connectivity index (χ0n) is 19.6. The summed E-state index contributed by atoms with van der Waals surface area (Å²) in [4.78, 5) is 36.5. The van der Waals surface area contributed by atoms with Crippen LogP contribution in [-0.2, 0) is 20.9 Å². The molecule has 3 aromatic rings. The fourth-order valence-electron chi connectivity index (χ4n) is 4.34. The first-order valence-corrected chi connectivity index (χ1v) is 11.5. The molecule has 0 saturated carbocycles. The van der Waals surface area contributed by atoms with Crippen LogP contribution in [0.3, 0.4) is 0 Å². The summed E-state index contributed by atoms with van der Waals surface area (Å²) in [5.41, 5.74) is 4.83. The number of aromatic nitrogens is 2. The Morgan fingerprint density at radius 3 is 2.31 bits per heavy atom. The number of carboxylic acid groups (broad SMARTS) is 1.